The van der Waals surface area contributed by atoms with Gasteiger partial charge in [0.1, 0.15) is 11.2 Å². The van der Waals surface area contributed by atoms with E-state index in [0.717, 1.165) is 77.7 Å². The second kappa shape index (κ2) is 14.3. The lowest BCUT2D eigenvalue weighted by Crippen LogP contribution is -2.16. The summed E-state index contributed by atoms with van der Waals surface area (Å²) in [5, 5.41) is 8.39. The molecule has 10 aromatic rings. The number of aromatic nitrogens is 1. The molecule has 268 valence electrons. The molecule has 10 rings (SSSR count). The summed E-state index contributed by atoms with van der Waals surface area (Å²) in [6.07, 6.45) is 2.14. The van der Waals surface area contributed by atoms with Gasteiger partial charge in [0.25, 0.3) is 0 Å². The van der Waals surface area contributed by atoms with E-state index in [0.29, 0.717) is 6.54 Å². The third kappa shape index (κ3) is 6.12. The van der Waals surface area contributed by atoms with Gasteiger partial charge in [-0.05, 0) is 81.9 Å². The average Bonchev–Trinajstić information content (AvgIpc) is 3.81. The first-order valence-electron chi connectivity index (χ1n) is 19.1. The SMILES string of the molecule is NC(/C=C(\NCc1ccccc1)c1cccc(-c2ccc3c(c2)c2ccccc2n3-c2cccc(-c3cccc4c3oc3ccccc34)c2)c1)c1ccccc1. The number of fused-ring (bicyclic) bond motifs is 6. The fraction of sp³-hybridized carbons (Fsp3) is 0.0385. The van der Waals surface area contributed by atoms with Crippen molar-refractivity contribution in [1.29, 1.82) is 0 Å². The molecule has 0 saturated heterocycles. The van der Waals surface area contributed by atoms with Crippen molar-refractivity contribution in [2.24, 2.45) is 5.73 Å². The summed E-state index contributed by atoms with van der Waals surface area (Å²) >= 11 is 0. The molecule has 4 nitrogen and oxygen atoms in total. The van der Waals surface area contributed by atoms with Crippen LogP contribution in [0.15, 0.2) is 205 Å². The van der Waals surface area contributed by atoms with E-state index in [1.54, 1.807) is 0 Å². The first-order valence-corrected chi connectivity index (χ1v) is 19.1. The van der Waals surface area contributed by atoms with E-state index in [2.05, 4.69) is 174 Å². The van der Waals surface area contributed by atoms with Crippen molar-refractivity contribution < 1.29 is 4.42 Å². The van der Waals surface area contributed by atoms with Gasteiger partial charge in [-0.2, -0.15) is 0 Å². The molecule has 0 amide bonds. The summed E-state index contributed by atoms with van der Waals surface area (Å²) in [6.45, 7) is 0.693. The molecule has 2 heterocycles. The van der Waals surface area contributed by atoms with Crippen LogP contribution in [0.5, 0.6) is 0 Å². The maximum atomic E-state index is 6.78. The van der Waals surface area contributed by atoms with Gasteiger partial charge in [-0.15, -0.1) is 0 Å². The summed E-state index contributed by atoms with van der Waals surface area (Å²) in [7, 11) is 0. The zero-order valence-electron chi connectivity index (χ0n) is 30.8. The third-order valence-electron chi connectivity index (χ3n) is 10.9. The molecule has 0 fully saturated rings. The molecule has 3 N–H and O–H groups in total. The molecule has 0 spiro atoms. The predicted octanol–water partition coefficient (Wildman–Crippen LogP) is 12.8. The van der Waals surface area contributed by atoms with Crippen molar-refractivity contribution >= 4 is 49.4 Å². The molecule has 0 saturated carbocycles. The van der Waals surface area contributed by atoms with Crippen LogP contribution in [0.1, 0.15) is 22.7 Å². The minimum absolute atomic E-state index is 0.259. The van der Waals surface area contributed by atoms with Crippen molar-refractivity contribution in [3.8, 4) is 27.9 Å². The largest absolute Gasteiger partial charge is 0.455 e. The molecule has 0 aliphatic heterocycles. The van der Waals surface area contributed by atoms with Crippen LogP contribution in [-0.4, -0.2) is 4.57 Å². The van der Waals surface area contributed by atoms with Gasteiger partial charge in [0, 0.05) is 45.0 Å². The monoisotopic (exact) mass is 721 g/mol. The molecule has 2 aromatic heterocycles. The fourth-order valence-corrected chi connectivity index (χ4v) is 8.09. The molecule has 56 heavy (non-hydrogen) atoms. The number of nitrogens with two attached hydrogens (primary N) is 1. The van der Waals surface area contributed by atoms with Crippen LogP contribution in [0.4, 0.5) is 0 Å². The molecule has 0 aliphatic rings. The molecule has 8 aromatic carbocycles. The predicted molar refractivity (Wildman–Crippen MR) is 234 cm³/mol. The summed E-state index contributed by atoms with van der Waals surface area (Å²) in [4.78, 5) is 0. The Labute approximate surface area is 325 Å². The zero-order chi connectivity index (χ0) is 37.4. The van der Waals surface area contributed by atoms with Crippen molar-refractivity contribution in [2.45, 2.75) is 12.6 Å². The second-order valence-corrected chi connectivity index (χ2v) is 14.4. The second-order valence-electron chi connectivity index (χ2n) is 14.4. The molecule has 1 unspecified atom stereocenters. The van der Waals surface area contributed by atoms with E-state index >= 15 is 0 Å². The van der Waals surface area contributed by atoms with Crippen molar-refractivity contribution in [3.05, 3.63) is 217 Å². The van der Waals surface area contributed by atoms with E-state index in [1.807, 2.05) is 36.4 Å². The maximum absolute atomic E-state index is 6.78. The molecule has 4 heteroatoms. The topological polar surface area (TPSA) is 56.1 Å². The molecular weight excluding hydrogens is 683 g/mol. The van der Waals surface area contributed by atoms with Gasteiger partial charge in [-0.3, -0.25) is 0 Å². The Morgan fingerprint density at radius 1 is 0.554 bits per heavy atom. The van der Waals surface area contributed by atoms with Crippen LogP contribution in [0.2, 0.25) is 0 Å². The first-order chi connectivity index (χ1) is 27.7. The van der Waals surface area contributed by atoms with Gasteiger partial charge in [-0.25, -0.2) is 0 Å². The number of nitrogens with zero attached hydrogens (tertiary/aromatic N) is 1. The van der Waals surface area contributed by atoms with Crippen LogP contribution in [0.25, 0.3) is 77.4 Å². The first kappa shape index (κ1) is 33.4. The minimum Gasteiger partial charge on any atom is -0.455 e. The highest BCUT2D eigenvalue weighted by Crippen LogP contribution is 2.39. The number of nitrogens with one attached hydrogen (secondary N) is 1. The number of furan rings is 1. The van der Waals surface area contributed by atoms with Crippen LogP contribution < -0.4 is 11.1 Å². The molecule has 0 bridgehead atoms. The number of benzene rings is 8. The summed E-state index contributed by atoms with van der Waals surface area (Å²) < 4.78 is 8.82. The van der Waals surface area contributed by atoms with Gasteiger partial charge >= 0.3 is 0 Å². The van der Waals surface area contributed by atoms with Crippen LogP contribution in [-0.2, 0) is 6.54 Å². The highest BCUT2D eigenvalue weighted by molar-refractivity contribution is 6.11. The average molecular weight is 722 g/mol. The van der Waals surface area contributed by atoms with Crippen molar-refractivity contribution in [1.82, 2.24) is 9.88 Å². The standard InChI is InChI=1S/C52H39N3O/c53-47(36-16-5-2-6-17-36)33-48(54-34-35-14-3-1-4-15-35)40-20-11-18-37(30-40)38-28-29-50-46(32-38)43-22-7-9-26-49(43)55(50)41-21-12-19-39(31-41)42-24-13-25-45-44-23-8-10-27-51(44)56-52(42)45/h1-33,47,54H,34,53H2/b48-33-. The summed E-state index contributed by atoms with van der Waals surface area (Å²) in [5.74, 6) is 0. The van der Waals surface area contributed by atoms with Crippen molar-refractivity contribution in [3.63, 3.8) is 0 Å². The molecular formula is C52H39N3O. The van der Waals surface area contributed by atoms with Crippen molar-refractivity contribution in [2.75, 3.05) is 0 Å². The van der Waals surface area contributed by atoms with Gasteiger partial charge in [0.05, 0.1) is 17.1 Å². The maximum Gasteiger partial charge on any atom is 0.143 e. The number of hydrogen-bond donors (Lipinski definition) is 2. The van der Waals surface area contributed by atoms with Gasteiger partial charge in [0.2, 0.25) is 0 Å². The van der Waals surface area contributed by atoms with Gasteiger partial charge in [-0.1, -0.05) is 152 Å². The molecule has 0 aliphatic carbocycles. The lowest BCUT2D eigenvalue weighted by atomic mass is 9.98. The number of rotatable bonds is 9. The van der Waals surface area contributed by atoms with Crippen LogP contribution in [0.3, 0.4) is 0 Å². The highest BCUT2D eigenvalue weighted by Gasteiger charge is 2.17. The van der Waals surface area contributed by atoms with E-state index in [9.17, 15) is 0 Å². The van der Waals surface area contributed by atoms with E-state index in [4.69, 9.17) is 10.2 Å². The number of para-hydroxylation sites is 3. The smallest absolute Gasteiger partial charge is 0.143 e. The normalized spacial score (nSPS) is 12.5. The summed E-state index contributed by atoms with van der Waals surface area (Å²) in [5.41, 5.74) is 20.9. The Balaban J connectivity index is 1.05. The van der Waals surface area contributed by atoms with E-state index < -0.39 is 0 Å². The Kier molecular flexibility index (Phi) is 8.51. The zero-order valence-corrected chi connectivity index (χ0v) is 30.8. The quantitative estimate of drug-likeness (QED) is 0.156. The van der Waals surface area contributed by atoms with Crippen LogP contribution in [0, 0.1) is 0 Å². The lowest BCUT2D eigenvalue weighted by molar-refractivity contribution is 0.670. The van der Waals surface area contributed by atoms with Gasteiger partial charge < -0.3 is 20.0 Å². The van der Waals surface area contributed by atoms with Crippen LogP contribution >= 0.6 is 0 Å². The number of hydrogen-bond acceptors (Lipinski definition) is 3. The molecule has 1 atom stereocenters. The van der Waals surface area contributed by atoms with E-state index in [-0.39, 0.29) is 6.04 Å². The van der Waals surface area contributed by atoms with E-state index in [1.165, 1.54) is 16.3 Å². The Morgan fingerprint density at radius 3 is 2.11 bits per heavy atom. The fourth-order valence-electron chi connectivity index (χ4n) is 8.09. The summed E-state index contributed by atoms with van der Waals surface area (Å²) in [6, 6.07) is 68.2. The third-order valence-corrected chi connectivity index (χ3v) is 10.9. The highest BCUT2D eigenvalue weighted by atomic mass is 16.3. The Hall–Kier alpha value is -7.14. The Morgan fingerprint density at radius 2 is 1.23 bits per heavy atom. The van der Waals surface area contributed by atoms with Gasteiger partial charge in [0.15, 0.2) is 0 Å². The Bertz CT molecular complexity index is 3050. The minimum atomic E-state index is -0.259. The molecule has 0 radical (unpaired) electrons. The lowest BCUT2D eigenvalue weighted by Gasteiger charge is -2.16.